The number of hydrogen-bond donors (Lipinski definition) is 2. The van der Waals surface area contributed by atoms with Crippen molar-refractivity contribution in [3.8, 4) is 22.4 Å². The number of carbonyl (C=O) groups is 2. The van der Waals surface area contributed by atoms with Gasteiger partial charge in [-0.1, -0.05) is 54.6 Å². The van der Waals surface area contributed by atoms with E-state index >= 15 is 0 Å². The second kappa shape index (κ2) is 11.7. The average Bonchev–Trinajstić information content (AvgIpc) is 3.48. The topological polar surface area (TPSA) is 88.3 Å². The Morgan fingerprint density at radius 1 is 0.949 bits per heavy atom. The summed E-state index contributed by atoms with van der Waals surface area (Å²) in [5, 5.41) is 3.09. The van der Waals surface area contributed by atoms with Gasteiger partial charge in [-0.25, -0.2) is 0 Å². The molecule has 3 aromatic rings. The number of likely N-dealkylation sites (tertiary alicyclic amines) is 1. The summed E-state index contributed by atoms with van der Waals surface area (Å²) < 4.78 is 0. The molecule has 2 aromatic carbocycles. The van der Waals surface area contributed by atoms with Gasteiger partial charge in [0.2, 0.25) is 11.8 Å². The molecule has 1 saturated heterocycles. The number of pyridine rings is 1. The number of carbonyl (C=O) groups excluding carboxylic acids is 2. The SMILES string of the molecule is CC(C)(N)c1ccc(-c2ncc(NC(=O)CC3CCC(C(=O)N4CCCC4)CC3)cc2-c2ccccc2)cc1. The second-order valence-corrected chi connectivity index (χ2v) is 11.8. The molecule has 3 N–H and O–H groups in total. The van der Waals surface area contributed by atoms with Gasteiger partial charge in [0.25, 0.3) is 0 Å². The number of anilines is 1. The molecule has 0 spiro atoms. The van der Waals surface area contributed by atoms with Crippen LogP contribution in [0.3, 0.4) is 0 Å². The zero-order valence-electron chi connectivity index (χ0n) is 23.2. The summed E-state index contributed by atoms with van der Waals surface area (Å²) in [4.78, 5) is 32.6. The van der Waals surface area contributed by atoms with Crippen molar-refractivity contribution in [3.63, 3.8) is 0 Å². The van der Waals surface area contributed by atoms with Crippen LogP contribution >= 0.6 is 0 Å². The summed E-state index contributed by atoms with van der Waals surface area (Å²) >= 11 is 0. The fourth-order valence-corrected chi connectivity index (χ4v) is 5.94. The molecular formula is C33H40N4O2. The second-order valence-electron chi connectivity index (χ2n) is 11.8. The Morgan fingerprint density at radius 2 is 1.62 bits per heavy atom. The minimum atomic E-state index is -0.412. The van der Waals surface area contributed by atoms with E-state index in [0.29, 0.717) is 23.9 Å². The first-order valence-corrected chi connectivity index (χ1v) is 14.3. The molecule has 0 radical (unpaired) electrons. The van der Waals surface area contributed by atoms with E-state index in [1.807, 2.05) is 43.0 Å². The van der Waals surface area contributed by atoms with E-state index in [4.69, 9.17) is 10.7 Å². The molecule has 2 heterocycles. The zero-order chi connectivity index (χ0) is 27.4. The third-order valence-corrected chi connectivity index (χ3v) is 8.25. The third kappa shape index (κ3) is 6.56. The van der Waals surface area contributed by atoms with Gasteiger partial charge in [0.15, 0.2) is 0 Å². The van der Waals surface area contributed by atoms with E-state index in [1.54, 1.807) is 6.20 Å². The fourth-order valence-electron chi connectivity index (χ4n) is 5.94. The molecule has 39 heavy (non-hydrogen) atoms. The lowest BCUT2D eigenvalue weighted by Gasteiger charge is -2.30. The molecular weight excluding hydrogens is 484 g/mol. The minimum absolute atomic E-state index is 0.00686. The van der Waals surface area contributed by atoms with Crippen LogP contribution in [-0.4, -0.2) is 34.8 Å². The van der Waals surface area contributed by atoms with Crippen LogP contribution in [0.1, 0.15) is 64.4 Å². The van der Waals surface area contributed by atoms with Crippen LogP contribution < -0.4 is 11.1 Å². The number of hydrogen-bond acceptors (Lipinski definition) is 4. The van der Waals surface area contributed by atoms with Crippen LogP contribution in [0.15, 0.2) is 66.9 Å². The van der Waals surface area contributed by atoms with Gasteiger partial charge in [0, 0.05) is 42.1 Å². The zero-order valence-corrected chi connectivity index (χ0v) is 23.2. The van der Waals surface area contributed by atoms with Crippen LogP contribution in [0.25, 0.3) is 22.4 Å². The van der Waals surface area contributed by atoms with E-state index < -0.39 is 5.54 Å². The number of amides is 2. The van der Waals surface area contributed by atoms with Gasteiger partial charge in [-0.15, -0.1) is 0 Å². The van der Waals surface area contributed by atoms with Gasteiger partial charge in [0.05, 0.1) is 17.6 Å². The van der Waals surface area contributed by atoms with Crippen LogP contribution in [0.5, 0.6) is 0 Å². The van der Waals surface area contributed by atoms with Gasteiger partial charge in [-0.2, -0.15) is 0 Å². The number of nitrogens with zero attached hydrogens (tertiary/aromatic N) is 2. The van der Waals surface area contributed by atoms with E-state index in [1.165, 1.54) is 0 Å². The molecule has 2 amide bonds. The molecule has 5 rings (SSSR count). The Labute approximate surface area is 232 Å². The van der Waals surface area contributed by atoms with E-state index in [2.05, 4.69) is 41.7 Å². The molecule has 6 heteroatoms. The van der Waals surface area contributed by atoms with Crippen LogP contribution in [-0.2, 0) is 15.1 Å². The summed E-state index contributed by atoms with van der Waals surface area (Å²) in [6, 6.07) is 20.4. The summed E-state index contributed by atoms with van der Waals surface area (Å²) in [6.07, 6.45) is 8.11. The first-order valence-electron chi connectivity index (χ1n) is 14.3. The molecule has 1 aromatic heterocycles. The van der Waals surface area contributed by atoms with Crippen molar-refractivity contribution in [1.29, 1.82) is 0 Å². The molecule has 2 aliphatic rings. The van der Waals surface area contributed by atoms with Crippen molar-refractivity contribution < 1.29 is 9.59 Å². The normalized spacial score (nSPS) is 19.6. The van der Waals surface area contributed by atoms with Crippen molar-refractivity contribution >= 4 is 17.5 Å². The molecule has 1 saturated carbocycles. The Morgan fingerprint density at radius 3 is 2.26 bits per heavy atom. The maximum Gasteiger partial charge on any atom is 0.225 e. The van der Waals surface area contributed by atoms with E-state index in [-0.39, 0.29) is 11.8 Å². The molecule has 6 nitrogen and oxygen atoms in total. The highest BCUT2D eigenvalue weighted by atomic mass is 16.2. The highest BCUT2D eigenvalue weighted by Crippen LogP contribution is 2.35. The predicted molar refractivity (Wildman–Crippen MR) is 157 cm³/mol. The monoisotopic (exact) mass is 524 g/mol. The molecule has 0 bridgehead atoms. The minimum Gasteiger partial charge on any atom is -0.342 e. The highest BCUT2D eigenvalue weighted by molar-refractivity contribution is 5.93. The number of nitrogens with two attached hydrogens (primary N) is 1. The molecule has 2 fully saturated rings. The number of aromatic nitrogens is 1. The Balaban J connectivity index is 1.26. The Hall–Kier alpha value is -3.51. The lowest BCUT2D eigenvalue weighted by Crippen LogP contribution is -2.36. The van der Waals surface area contributed by atoms with Crippen LogP contribution in [0, 0.1) is 11.8 Å². The van der Waals surface area contributed by atoms with Gasteiger partial charge >= 0.3 is 0 Å². The summed E-state index contributed by atoms with van der Waals surface area (Å²) in [6.45, 7) is 5.81. The fraction of sp³-hybridized carbons (Fsp3) is 0.424. The van der Waals surface area contributed by atoms with Crippen molar-refractivity contribution in [1.82, 2.24) is 9.88 Å². The average molecular weight is 525 g/mol. The summed E-state index contributed by atoms with van der Waals surface area (Å²) in [7, 11) is 0. The van der Waals surface area contributed by atoms with Gasteiger partial charge in [-0.3, -0.25) is 14.6 Å². The van der Waals surface area contributed by atoms with Crippen molar-refractivity contribution in [2.45, 2.75) is 64.3 Å². The van der Waals surface area contributed by atoms with Crippen LogP contribution in [0.4, 0.5) is 5.69 Å². The molecule has 1 aliphatic heterocycles. The third-order valence-electron chi connectivity index (χ3n) is 8.25. The lowest BCUT2D eigenvalue weighted by atomic mass is 9.80. The first-order chi connectivity index (χ1) is 18.8. The lowest BCUT2D eigenvalue weighted by molar-refractivity contribution is -0.135. The van der Waals surface area contributed by atoms with E-state index in [9.17, 15) is 9.59 Å². The van der Waals surface area contributed by atoms with Crippen molar-refractivity contribution in [3.05, 3.63) is 72.4 Å². The first kappa shape index (κ1) is 27.1. The summed E-state index contributed by atoms with van der Waals surface area (Å²) in [5.74, 6) is 0.792. The molecule has 0 unspecified atom stereocenters. The quantitative estimate of drug-likeness (QED) is 0.376. The Bertz CT molecular complexity index is 1280. The van der Waals surface area contributed by atoms with Crippen LogP contribution in [0.2, 0.25) is 0 Å². The van der Waals surface area contributed by atoms with Gasteiger partial charge in [-0.05, 0) is 75.5 Å². The molecule has 1 aliphatic carbocycles. The Kier molecular flexibility index (Phi) is 8.12. The number of benzene rings is 2. The van der Waals surface area contributed by atoms with Gasteiger partial charge in [0.1, 0.15) is 0 Å². The standard InChI is InChI=1S/C33H40N4O2/c1-33(2,34)27-16-14-25(15-17-27)31-29(24-8-4-3-5-9-24)21-28(22-35-31)36-30(38)20-23-10-12-26(13-11-23)32(39)37-18-6-7-19-37/h3-5,8-9,14-17,21-23,26H,6-7,10-13,18-20,34H2,1-2H3,(H,36,38). The maximum atomic E-state index is 13.0. The van der Waals surface area contributed by atoms with Crippen molar-refractivity contribution in [2.75, 3.05) is 18.4 Å². The highest BCUT2D eigenvalue weighted by Gasteiger charge is 2.31. The predicted octanol–water partition coefficient (Wildman–Crippen LogP) is 6.37. The molecule has 204 valence electrons. The molecule has 0 atom stereocenters. The smallest absolute Gasteiger partial charge is 0.225 e. The number of nitrogens with one attached hydrogen (secondary N) is 1. The van der Waals surface area contributed by atoms with Gasteiger partial charge < -0.3 is 16.0 Å². The number of rotatable bonds is 7. The van der Waals surface area contributed by atoms with E-state index in [0.717, 1.165) is 79.6 Å². The largest absolute Gasteiger partial charge is 0.342 e. The summed E-state index contributed by atoms with van der Waals surface area (Å²) in [5.41, 5.74) is 11.5. The maximum absolute atomic E-state index is 13.0. The van der Waals surface area contributed by atoms with Crippen molar-refractivity contribution in [2.24, 2.45) is 17.6 Å².